The van der Waals surface area contributed by atoms with E-state index in [1.807, 2.05) is 13.0 Å². The number of hydrogen-bond donors (Lipinski definition) is 0. The van der Waals surface area contributed by atoms with Gasteiger partial charge >= 0.3 is 17.7 Å². The highest BCUT2D eigenvalue weighted by Crippen LogP contribution is 2.28. The lowest BCUT2D eigenvalue weighted by molar-refractivity contribution is -0.702. The van der Waals surface area contributed by atoms with Crippen molar-refractivity contribution >= 4 is 11.0 Å². The number of unbranched alkanes of at least 4 members (excludes halogenated alkanes) is 1. The molecule has 0 saturated carbocycles. The lowest BCUT2D eigenvalue weighted by atomic mass is 10.1. The number of rotatable bonds is 7. The first-order chi connectivity index (χ1) is 13.8. The van der Waals surface area contributed by atoms with E-state index < -0.39 is 17.4 Å². The second kappa shape index (κ2) is 8.55. The van der Waals surface area contributed by atoms with E-state index in [0.717, 1.165) is 23.2 Å². The highest BCUT2D eigenvalue weighted by molar-refractivity contribution is 5.81. The summed E-state index contributed by atoms with van der Waals surface area (Å²) in [6.07, 6.45) is -2.12. The van der Waals surface area contributed by atoms with Gasteiger partial charge in [-0.3, -0.25) is 0 Å². The number of halogens is 3. The molecule has 0 fully saturated rings. The quantitative estimate of drug-likeness (QED) is 0.333. The van der Waals surface area contributed by atoms with Crippen molar-refractivity contribution in [2.45, 2.75) is 32.5 Å². The third-order valence-electron chi connectivity index (χ3n) is 4.50. The van der Waals surface area contributed by atoms with Gasteiger partial charge in [0, 0.05) is 23.9 Å². The number of pyridine rings is 1. The van der Waals surface area contributed by atoms with Crippen molar-refractivity contribution in [3.63, 3.8) is 0 Å². The molecule has 2 aromatic heterocycles. The Bertz CT molecular complexity index is 1060. The maximum atomic E-state index is 12.9. The Kier molecular flexibility index (Phi) is 6.10. The minimum absolute atomic E-state index is 0.360. The number of benzene rings is 1. The molecule has 0 amide bonds. The number of methoxy groups -OCH3 is 1. The van der Waals surface area contributed by atoms with E-state index in [1.165, 1.54) is 23.8 Å². The van der Waals surface area contributed by atoms with Crippen molar-refractivity contribution in [1.29, 1.82) is 0 Å². The minimum Gasteiger partial charge on any atom is -0.493 e. The molecule has 0 unspecified atom stereocenters. The van der Waals surface area contributed by atoms with E-state index in [4.69, 9.17) is 13.9 Å². The molecular weight excluding hydrogens is 387 g/mol. The fourth-order valence-corrected chi connectivity index (χ4v) is 3.03. The van der Waals surface area contributed by atoms with Gasteiger partial charge in [0.15, 0.2) is 12.7 Å². The molecule has 154 valence electrons. The lowest BCUT2D eigenvalue weighted by Crippen LogP contribution is -2.36. The average Bonchev–Trinajstić information content (AvgIpc) is 2.66. The number of aromatic nitrogens is 1. The summed E-state index contributed by atoms with van der Waals surface area (Å²) in [5, 5.41) is 0.838. The van der Waals surface area contributed by atoms with Crippen LogP contribution in [0.4, 0.5) is 13.2 Å². The highest BCUT2D eigenvalue weighted by atomic mass is 19.4. The molecule has 3 rings (SSSR count). The lowest BCUT2D eigenvalue weighted by Gasteiger charge is -2.09. The number of aryl methyl sites for hydroxylation is 2. The largest absolute Gasteiger partial charge is 0.493 e. The van der Waals surface area contributed by atoms with Crippen LogP contribution in [0.15, 0.2) is 51.8 Å². The maximum Gasteiger partial charge on any atom is 0.422 e. The Hall–Kier alpha value is -3.03. The van der Waals surface area contributed by atoms with E-state index in [9.17, 15) is 18.0 Å². The summed E-state index contributed by atoms with van der Waals surface area (Å²) in [6.45, 7) is 2.57. The van der Waals surface area contributed by atoms with Crippen LogP contribution in [0.2, 0.25) is 0 Å². The van der Waals surface area contributed by atoms with E-state index >= 15 is 0 Å². The van der Waals surface area contributed by atoms with Crippen LogP contribution in [-0.2, 0) is 12.7 Å². The molecule has 29 heavy (non-hydrogen) atoms. The fourth-order valence-electron chi connectivity index (χ4n) is 3.03. The summed E-state index contributed by atoms with van der Waals surface area (Å²) in [5.41, 5.74) is 0.147. The molecular formula is C21H21F3NO4+. The molecule has 0 bridgehead atoms. The molecule has 1 aromatic carbocycles. The Morgan fingerprint density at radius 2 is 1.90 bits per heavy atom. The molecule has 0 atom stereocenters. The van der Waals surface area contributed by atoms with Gasteiger partial charge in [0.2, 0.25) is 0 Å². The third-order valence-corrected chi connectivity index (χ3v) is 4.50. The predicted octanol–water partition coefficient (Wildman–Crippen LogP) is 4.28. The van der Waals surface area contributed by atoms with Crippen molar-refractivity contribution < 1.29 is 31.6 Å². The SMILES string of the molecule is COc1ccc(C(F)(F)F)c[n+]1CCCCOc1ccc2c(C)cc(=O)oc2c1. The van der Waals surface area contributed by atoms with Gasteiger partial charge in [-0.25, -0.2) is 4.79 Å². The molecule has 8 heteroatoms. The first-order valence-electron chi connectivity index (χ1n) is 9.10. The average molecular weight is 408 g/mol. The summed E-state index contributed by atoms with van der Waals surface area (Å²) in [5.74, 6) is 0.925. The van der Waals surface area contributed by atoms with Crippen LogP contribution < -0.4 is 19.7 Å². The van der Waals surface area contributed by atoms with Crippen molar-refractivity contribution in [2.24, 2.45) is 0 Å². The topological polar surface area (TPSA) is 52.5 Å². The monoisotopic (exact) mass is 408 g/mol. The summed E-state index contributed by atoms with van der Waals surface area (Å²) in [4.78, 5) is 11.5. The van der Waals surface area contributed by atoms with Crippen LogP contribution in [0.3, 0.4) is 0 Å². The molecule has 0 aliphatic heterocycles. The molecule has 0 saturated heterocycles. The molecule has 0 spiro atoms. The second-order valence-electron chi connectivity index (χ2n) is 6.61. The van der Waals surface area contributed by atoms with Crippen LogP contribution >= 0.6 is 0 Å². The number of fused-ring (bicyclic) bond motifs is 1. The molecule has 3 aromatic rings. The Balaban J connectivity index is 1.57. The zero-order chi connectivity index (χ0) is 21.0. The normalized spacial score (nSPS) is 11.6. The highest BCUT2D eigenvalue weighted by Gasteiger charge is 2.34. The van der Waals surface area contributed by atoms with Gasteiger partial charge in [0.05, 0.1) is 19.8 Å². The number of hydrogen-bond acceptors (Lipinski definition) is 4. The van der Waals surface area contributed by atoms with E-state index in [0.29, 0.717) is 43.2 Å². The smallest absolute Gasteiger partial charge is 0.422 e. The first kappa shape index (κ1) is 20.7. The maximum absolute atomic E-state index is 12.9. The summed E-state index contributed by atoms with van der Waals surface area (Å²) >= 11 is 0. The standard InChI is InChI=1S/C21H21F3NO4/c1-14-11-20(26)29-18-12-16(6-7-17(14)18)28-10-4-3-9-25-13-15(21(22,23)24)5-8-19(25)27-2/h5-8,11-13H,3-4,9-10H2,1-2H3/q+1. The van der Waals surface area contributed by atoms with Gasteiger partial charge in [-0.2, -0.15) is 17.7 Å². The van der Waals surface area contributed by atoms with Crippen molar-refractivity contribution in [3.05, 3.63) is 64.1 Å². The van der Waals surface area contributed by atoms with Gasteiger partial charge in [-0.15, -0.1) is 0 Å². The first-order valence-corrected chi connectivity index (χ1v) is 9.10. The molecule has 0 radical (unpaired) electrons. The number of alkyl halides is 3. The predicted molar refractivity (Wildman–Crippen MR) is 100 cm³/mol. The van der Waals surface area contributed by atoms with Gasteiger partial charge < -0.3 is 13.9 Å². The van der Waals surface area contributed by atoms with Crippen molar-refractivity contribution in [3.8, 4) is 11.6 Å². The van der Waals surface area contributed by atoms with Gasteiger partial charge in [0.1, 0.15) is 16.9 Å². The zero-order valence-corrected chi connectivity index (χ0v) is 16.1. The van der Waals surface area contributed by atoms with Gasteiger partial charge in [-0.05, 0) is 37.1 Å². The Morgan fingerprint density at radius 1 is 1.10 bits per heavy atom. The van der Waals surface area contributed by atoms with Crippen LogP contribution in [0.1, 0.15) is 24.0 Å². The Morgan fingerprint density at radius 3 is 2.62 bits per heavy atom. The van der Waals surface area contributed by atoms with Crippen molar-refractivity contribution in [1.82, 2.24) is 0 Å². The number of nitrogens with zero attached hydrogens (tertiary/aromatic N) is 1. The molecule has 5 nitrogen and oxygen atoms in total. The van der Waals surface area contributed by atoms with Crippen LogP contribution in [0, 0.1) is 6.92 Å². The molecule has 0 aliphatic carbocycles. The van der Waals surface area contributed by atoms with Crippen LogP contribution in [0.25, 0.3) is 11.0 Å². The van der Waals surface area contributed by atoms with Gasteiger partial charge in [0.25, 0.3) is 0 Å². The summed E-state index contributed by atoms with van der Waals surface area (Å²) < 4.78 is 56.1. The fraction of sp³-hybridized carbons (Fsp3) is 0.333. The molecule has 0 aliphatic rings. The third kappa shape index (κ3) is 5.07. The van der Waals surface area contributed by atoms with E-state index in [-0.39, 0.29) is 0 Å². The second-order valence-corrected chi connectivity index (χ2v) is 6.61. The summed E-state index contributed by atoms with van der Waals surface area (Å²) in [7, 11) is 1.42. The Labute approximate surface area is 165 Å². The molecule has 2 heterocycles. The van der Waals surface area contributed by atoms with E-state index in [1.54, 1.807) is 12.1 Å². The van der Waals surface area contributed by atoms with Gasteiger partial charge in [-0.1, -0.05) is 0 Å². The van der Waals surface area contributed by atoms with E-state index in [2.05, 4.69) is 0 Å². The molecule has 0 N–H and O–H groups in total. The van der Waals surface area contributed by atoms with Crippen molar-refractivity contribution in [2.75, 3.05) is 13.7 Å². The minimum atomic E-state index is -4.40. The number of ether oxygens (including phenoxy) is 2. The summed E-state index contributed by atoms with van der Waals surface area (Å²) in [6, 6.07) is 9.02. The van der Waals surface area contributed by atoms with Crippen LogP contribution in [0.5, 0.6) is 11.6 Å². The zero-order valence-electron chi connectivity index (χ0n) is 16.1. The van der Waals surface area contributed by atoms with Crippen LogP contribution in [-0.4, -0.2) is 13.7 Å².